The van der Waals surface area contributed by atoms with Gasteiger partial charge in [0.15, 0.2) is 11.5 Å². The standard InChI is InChI=1S/C18H16ClN3O3S/c1-11-21-22-18(26-11)20-17(23)13-5-8-15(16(9-13)24-2)25-10-12-3-6-14(19)7-4-12/h3-9H,10H2,1-2H3,(H,20,22,23). The predicted octanol–water partition coefficient (Wildman–Crippen LogP) is 4.34. The first-order valence-corrected chi connectivity index (χ1v) is 8.91. The Morgan fingerprint density at radius 3 is 2.58 bits per heavy atom. The molecule has 134 valence electrons. The van der Waals surface area contributed by atoms with Crippen LogP contribution in [-0.4, -0.2) is 23.2 Å². The number of carbonyl (C=O) groups is 1. The van der Waals surface area contributed by atoms with Gasteiger partial charge in [0.05, 0.1) is 7.11 Å². The van der Waals surface area contributed by atoms with Gasteiger partial charge < -0.3 is 9.47 Å². The van der Waals surface area contributed by atoms with Gasteiger partial charge in [0.2, 0.25) is 5.13 Å². The Balaban J connectivity index is 1.70. The van der Waals surface area contributed by atoms with Crippen molar-refractivity contribution in [2.24, 2.45) is 0 Å². The zero-order valence-corrected chi connectivity index (χ0v) is 15.7. The lowest BCUT2D eigenvalue weighted by atomic mass is 10.2. The van der Waals surface area contributed by atoms with Crippen LogP contribution in [0.1, 0.15) is 20.9 Å². The highest BCUT2D eigenvalue weighted by Gasteiger charge is 2.13. The van der Waals surface area contributed by atoms with Gasteiger partial charge >= 0.3 is 0 Å². The first-order chi connectivity index (χ1) is 12.5. The Morgan fingerprint density at radius 1 is 1.15 bits per heavy atom. The average Bonchev–Trinajstić information content (AvgIpc) is 3.05. The van der Waals surface area contributed by atoms with Gasteiger partial charge in [0.1, 0.15) is 11.6 Å². The number of methoxy groups -OCH3 is 1. The molecule has 0 aliphatic carbocycles. The summed E-state index contributed by atoms with van der Waals surface area (Å²) in [5.41, 5.74) is 1.42. The smallest absolute Gasteiger partial charge is 0.257 e. The molecule has 0 fully saturated rings. The van der Waals surface area contributed by atoms with Crippen LogP contribution in [0, 0.1) is 6.92 Å². The molecule has 1 N–H and O–H groups in total. The molecule has 3 rings (SSSR count). The Bertz CT molecular complexity index is 912. The van der Waals surface area contributed by atoms with Gasteiger partial charge in [-0.1, -0.05) is 35.1 Å². The number of halogens is 1. The topological polar surface area (TPSA) is 73.3 Å². The maximum atomic E-state index is 12.3. The molecule has 0 radical (unpaired) electrons. The van der Waals surface area contributed by atoms with E-state index in [0.717, 1.165) is 10.6 Å². The van der Waals surface area contributed by atoms with Gasteiger partial charge in [-0.2, -0.15) is 0 Å². The zero-order chi connectivity index (χ0) is 18.5. The molecule has 0 saturated heterocycles. The molecule has 6 nitrogen and oxygen atoms in total. The normalized spacial score (nSPS) is 10.4. The monoisotopic (exact) mass is 389 g/mol. The zero-order valence-electron chi connectivity index (χ0n) is 14.2. The number of carbonyl (C=O) groups excluding carboxylic acids is 1. The summed E-state index contributed by atoms with van der Waals surface area (Å²) in [7, 11) is 1.53. The molecule has 1 amide bonds. The Kier molecular flexibility index (Phi) is 5.70. The molecule has 0 unspecified atom stereocenters. The number of rotatable bonds is 6. The molecule has 1 heterocycles. The number of amides is 1. The fourth-order valence-corrected chi connectivity index (χ4v) is 2.90. The van der Waals surface area contributed by atoms with Crippen LogP contribution in [0.15, 0.2) is 42.5 Å². The largest absolute Gasteiger partial charge is 0.493 e. The van der Waals surface area contributed by atoms with Crippen molar-refractivity contribution in [1.82, 2.24) is 10.2 Å². The van der Waals surface area contributed by atoms with E-state index in [2.05, 4.69) is 15.5 Å². The average molecular weight is 390 g/mol. The summed E-state index contributed by atoms with van der Waals surface area (Å²) in [6.07, 6.45) is 0. The van der Waals surface area contributed by atoms with Crippen molar-refractivity contribution < 1.29 is 14.3 Å². The maximum Gasteiger partial charge on any atom is 0.257 e. The molecule has 0 aliphatic rings. The van der Waals surface area contributed by atoms with E-state index in [-0.39, 0.29) is 5.91 Å². The summed E-state index contributed by atoms with van der Waals surface area (Å²) >= 11 is 7.19. The Morgan fingerprint density at radius 2 is 1.92 bits per heavy atom. The van der Waals surface area contributed by atoms with Gasteiger partial charge in [-0.3, -0.25) is 10.1 Å². The maximum absolute atomic E-state index is 12.3. The minimum atomic E-state index is -0.288. The summed E-state index contributed by atoms with van der Waals surface area (Å²) in [6, 6.07) is 12.4. The Hall–Kier alpha value is -2.64. The van der Waals surface area contributed by atoms with Crippen LogP contribution in [0.2, 0.25) is 5.02 Å². The first kappa shape index (κ1) is 18.2. The number of nitrogens with one attached hydrogen (secondary N) is 1. The number of aromatic nitrogens is 2. The lowest BCUT2D eigenvalue weighted by Crippen LogP contribution is -2.12. The number of aryl methyl sites for hydroxylation is 1. The molecule has 1 aromatic heterocycles. The molecule has 0 saturated carbocycles. The second kappa shape index (κ2) is 8.16. The van der Waals surface area contributed by atoms with Crippen LogP contribution < -0.4 is 14.8 Å². The van der Waals surface area contributed by atoms with Crippen LogP contribution in [0.5, 0.6) is 11.5 Å². The van der Waals surface area contributed by atoms with Crippen molar-refractivity contribution in [3.05, 3.63) is 63.6 Å². The van der Waals surface area contributed by atoms with Crippen LogP contribution in [0.3, 0.4) is 0 Å². The molecule has 0 spiro atoms. The highest BCUT2D eigenvalue weighted by atomic mass is 35.5. The van der Waals surface area contributed by atoms with Crippen molar-refractivity contribution >= 4 is 34.0 Å². The third kappa shape index (κ3) is 4.50. The fourth-order valence-electron chi connectivity index (χ4n) is 2.19. The second-order valence-electron chi connectivity index (χ2n) is 5.36. The fraction of sp³-hybridized carbons (Fsp3) is 0.167. The number of nitrogens with zero attached hydrogens (tertiary/aromatic N) is 2. The van der Waals surface area contributed by atoms with Crippen molar-refractivity contribution in [1.29, 1.82) is 0 Å². The van der Waals surface area contributed by atoms with Crippen molar-refractivity contribution in [2.75, 3.05) is 12.4 Å². The highest BCUT2D eigenvalue weighted by molar-refractivity contribution is 7.15. The van der Waals surface area contributed by atoms with Crippen molar-refractivity contribution in [3.8, 4) is 11.5 Å². The summed E-state index contributed by atoms with van der Waals surface area (Å²) in [4.78, 5) is 12.3. The number of hydrogen-bond acceptors (Lipinski definition) is 6. The quantitative estimate of drug-likeness (QED) is 0.678. The van der Waals surface area contributed by atoms with Crippen LogP contribution in [-0.2, 0) is 6.61 Å². The molecule has 8 heteroatoms. The van der Waals surface area contributed by atoms with Gasteiger partial charge in [-0.05, 0) is 42.8 Å². The van der Waals surface area contributed by atoms with E-state index in [0.29, 0.717) is 33.8 Å². The van der Waals surface area contributed by atoms with Crippen LogP contribution in [0.25, 0.3) is 0 Å². The predicted molar refractivity (Wildman–Crippen MR) is 101 cm³/mol. The van der Waals surface area contributed by atoms with E-state index in [4.69, 9.17) is 21.1 Å². The van der Waals surface area contributed by atoms with E-state index < -0.39 is 0 Å². The summed E-state index contributed by atoms with van der Waals surface area (Å²) in [5, 5.41) is 12.4. The third-order valence-corrected chi connectivity index (χ3v) is 4.49. The molecule has 26 heavy (non-hydrogen) atoms. The van der Waals surface area contributed by atoms with Crippen molar-refractivity contribution in [2.45, 2.75) is 13.5 Å². The summed E-state index contributed by atoms with van der Waals surface area (Å²) in [5.74, 6) is 0.731. The minimum absolute atomic E-state index is 0.288. The first-order valence-electron chi connectivity index (χ1n) is 7.72. The van der Waals surface area contributed by atoms with Gasteiger partial charge in [-0.25, -0.2) is 0 Å². The minimum Gasteiger partial charge on any atom is -0.493 e. The summed E-state index contributed by atoms with van der Waals surface area (Å²) < 4.78 is 11.1. The molecule has 2 aromatic carbocycles. The Labute approximate surface area is 159 Å². The van der Waals surface area contributed by atoms with Gasteiger partial charge in [-0.15, -0.1) is 10.2 Å². The molecule has 0 atom stereocenters. The molecule has 0 bridgehead atoms. The highest BCUT2D eigenvalue weighted by Crippen LogP contribution is 2.29. The summed E-state index contributed by atoms with van der Waals surface area (Å²) in [6.45, 7) is 2.19. The van der Waals surface area contributed by atoms with E-state index in [1.165, 1.54) is 18.4 Å². The third-order valence-electron chi connectivity index (χ3n) is 3.48. The molecule has 0 aliphatic heterocycles. The van der Waals surface area contributed by atoms with Crippen LogP contribution >= 0.6 is 22.9 Å². The van der Waals surface area contributed by atoms with Crippen LogP contribution in [0.4, 0.5) is 5.13 Å². The molecular weight excluding hydrogens is 374 g/mol. The van der Waals surface area contributed by atoms with Gasteiger partial charge in [0, 0.05) is 10.6 Å². The van der Waals surface area contributed by atoms with E-state index >= 15 is 0 Å². The number of benzene rings is 2. The lowest BCUT2D eigenvalue weighted by Gasteiger charge is -2.12. The lowest BCUT2D eigenvalue weighted by molar-refractivity contribution is 0.102. The number of anilines is 1. The number of ether oxygens (including phenoxy) is 2. The second-order valence-corrected chi connectivity index (χ2v) is 6.98. The van der Waals surface area contributed by atoms with Gasteiger partial charge in [0.25, 0.3) is 5.91 Å². The van der Waals surface area contributed by atoms with Crippen molar-refractivity contribution in [3.63, 3.8) is 0 Å². The van der Waals surface area contributed by atoms with E-state index in [1.807, 2.05) is 19.1 Å². The molecular formula is C18H16ClN3O3S. The van der Waals surface area contributed by atoms with E-state index in [1.54, 1.807) is 30.3 Å². The number of hydrogen-bond donors (Lipinski definition) is 1. The molecule has 3 aromatic rings. The SMILES string of the molecule is COc1cc(C(=O)Nc2nnc(C)s2)ccc1OCc1ccc(Cl)cc1. The van der Waals surface area contributed by atoms with E-state index in [9.17, 15) is 4.79 Å².